The van der Waals surface area contributed by atoms with Crippen molar-refractivity contribution in [3.8, 4) is 11.5 Å². The van der Waals surface area contributed by atoms with Gasteiger partial charge in [0.25, 0.3) is 0 Å². The number of benzene rings is 3. The normalized spacial score (nSPS) is 11.3. The molecule has 6 nitrogen and oxygen atoms in total. The number of carbonyl (C=O) groups excluding carboxylic acids is 2. The van der Waals surface area contributed by atoms with Crippen LogP contribution in [0, 0.1) is 0 Å². The summed E-state index contributed by atoms with van der Waals surface area (Å²) in [5.41, 5.74) is 2.03. The van der Waals surface area contributed by atoms with Crippen LogP contribution in [-0.2, 0) is 16.0 Å². The SMILES string of the molecule is COC(=O)c1cc2c(Br)cc(Oc3ccccc3)cc2n1Cc1ccc(C(=O)OC(C)(C)C)cc1. The molecule has 4 aromatic rings. The molecule has 180 valence electrons. The highest BCUT2D eigenvalue weighted by Crippen LogP contribution is 2.35. The molecule has 35 heavy (non-hydrogen) atoms. The molecule has 4 rings (SSSR count). The van der Waals surface area contributed by atoms with Gasteiger partial charge in [0.1, 0.15) is 22.8 Å². The van der Waals surface area contributed by atoms with E-state index in [0.717, 1.165) is 20.9 Å². The maximum Gasteiger partial charge on any atom is 0.354 e. The lowest BCUT2D eigenvalue weighted by molar-refractivity contribution is 0.00693. The van der Waals surface area contributed by atoms with Crippen LogP contribution in [0.3, 0.4) is 0 Å². The molecule has 0 aliphatic heterocycles. The third-order valence-corrected chi connectivity index (χ3v) is 5.90. The highest BCUT2D eigenvalue weighted by molar-refractivity contribution is 9.10. The van der Waals surface area contributed by atoms with Crippen molar-refractivity contribution in [3.05, 3.63) is 94.1 Å². The number of halogens is 1. The van der Waals surface area contributed by atoms with Crippen molar-refractivity contribution in [3.63, 3.8) is 0 Å². The van der Waals surface area contributed by atoms with E-state index in [1.165, 1.54) is 7.11 Å². The molecule has 7 heteroatoms. The van der Waals surface area contributed by atoms with E-state index in [4.69, 9.17) is 14.2 Å². The van der Waals surface area contributed by atoms with Crippen molar-refractivity contribution >= 4 is 38.8 Å². The molecule has 0 aliphatic rings. The smallest absolute Gasteiger partial charge is 0.354 e. The van der Waals surface area contributed by atoms with Gasteiger partial charge >= 0.3 is 11.9 Å². The van der Waals surface area contributed by atoms with E-state index >= 15 is 0 Å². The van der Waals surface area contributed by atoms with Crippen LogP contribution in [0.25, 0.3) is 10.9 Å². The number of ether oxygens (including phenoxy) is 3. The molecule has 0 saturated heterocycles. The van der Waals surface area contributed by atoms with Gasteiger partial charge in [-0.25, -0.2) is 9.59 Å². The largest absolute Gasteiger partial charge is 0.464 e. The first-order valence-electron chi connectivity index (χ1n) is 11.1. The number of aromatic nitrogens is 1. The minimum atomic E-state index is -0.567. The molecule has 0 spiro atoms. The van der Waals surface area contributed by atoms with Crippen LogP contribution in [0.15, 0.2) is 77.3 Å². The molecule has 1 aromatic heterocycles. The molecule has 1 heterocycles. The summed E-state index contributed by atoms with van der Waals surface area (Å²) in [5.74, 6) is 0.524. The minimum Gasteiger partial charge on any atom is -0.464 e. The van der Waals surface area contributed by atoms with Crippen LogP contribution in [0.4, 0.5) is 0 Å². The number of hydrogen-bond donors (Lipinski definition) is 0. The third-order valence-electron chi connectivity index (χ3n) is 5.25. The summed E-state index contributed by atoms with van der Waals surface area (Å²) in [5, 5.41) is 0.858. The molecule has 0 unspecified atom stereocenters. The van der Waals surface area contributed by atoms with Crippen molar-refractivity contribution in [2.24, 2.45) is 0 Å². The Balaban J connectivity index is 1.71. The van der Waals surface area contributed by atoms with Crippen LogP contribution in [0.5, 0.6) is 11.5 Å². The van der Waals surface area contributed by atoms with Gasteiger partial charge < -0.3 is 18.8 Å². The van der Waals surface area contributed by atoms with Crippen LogP contribution in [-0.4, -0.2) is 29.2 Å². The number of carbonyl (C=O) groups is 2. The first kappa shape index (κ1) is 24.5. The summed E-state index contributed by atoms with van der Waals surface area (Å²) in [7, 11) is 1.36. The fourth-order valence-electron chi connectivity index (χ4n) is 3.68. The topological polar surface area (TPSA) is 66.8 Å². The van der Waals surface area contributed by atoms with Crippen LogP contribution in [0.1, 0.15) is 47.2 Å². The molecule has 0 radical (unpaired) electrons. The quantitative estimate of drug-likeness (QED) is 0.249. The zero-order chi connectivity index (χ0) is 25.2. The molecule has 0 bridgehead atoms. The molecule has 0 saturated carbocycles. The second-order valence-corrected chi connectivity index (χ2v) is 9.91. The molecule has 0 atom stereocenters. The van der Waals surface area contributed by atoms with Gasteiger partial charge in [0.2, 0.25) is 0 Å². The van der Waals surface area contributed by atoms with Crippen molar-refractivity contribution in [2.75, 3.05) is 7.11 Å². The van der Waals surface area contributed by atoms with Crippen molar-refractivity contribution in [1.82, 2.24) is 4.57 Å². The van der Waals surface area contributed by atoms with Crippen molar-refractivity contribution in [1.29, 1.82) is 0 Å². The number of para-hydroxylation sites is 1. The third kappa shape index (κ3) is 5.74. The van der Waals surface area contributed by atoms with Gasteiger partial charge in [-0.3, -0.25) is 0 Å². The van der Waals surface area contributed by atoms with Crippen molar-refractivity contribution < 1.29 is 23.8 Å². The monoisotopic (exact) mass is 535 g/mol. The first-order valence-corrected chi connectivity index (χ1v) is 11.9. The molecule has 0 fully saturated rings. The summed E-state index contributed by atoms with van der Waals surface area (Å²) in [6.45, 7) is 5.89. The van der Waals surface area contributed by atoms with Gasteiger partial charge in [0, 0.05) is 22.5 Å². The Hall–Kier alpha value is -3.58. The van der Waals surface area contributed by atoms with Gasteiger partial charge in [0.05, 0.1) is 18.2 Å². The number of methoxy groups -OCH3 is 1. The number of hydrogen-bond acceptors (Lipinski definition) is 5. The average Bonchev–Trinajstić information content (AvgIpc) is 3.17. The van der Waals surface area contributed by atoms with Crippen molar-refractivity contribution in [2.45, 2.75) is 32.9 Å². The fourth-order valence-corrected chi connectivity index (χ4v) is 4.23. The summed E-state index contributed by atoms with van der Waals surface area (Å²) in [6, 6.07) is 22.2. The highest BCUT2D eigenvalue weighted by atomic mass is 79.9. The molecule has 0 amide bonds. The van der Waals surface area contributed by atoms with E-state index in [1.807, 2.05) is 79.9 Å². The molecule has 0 aliphatic carbocycles. The maximum atomic E-state index is 12.6. The summed E-state index contributed by atoms with van der Waals surface area (Å²) in [4.78, 5) is 25.0. The van der Waals surface area contributed by atoms with E-state index in [2.05, 4.69) is 15.9 Å². The van der Waals surface area contributed by atoms with Crippen LogP contribution >= 0.6 is 15.9 Å². The standard InChI is InChI=1S/C28H26BrNO5/c1-28(2,3)35-26(31)19-12-10-18(11-13-19)17-30-24-15-21(34-20-8-6-5-7-9-20)14-23(29)22(24)16-25(30)27(32)33-4/h5-16H,17H2,1-4H3. The van der Waals surface area contributed by atoms with E-state index < -0.39 is 11.6 Å². The van der Waals surface area contributed by atoms with E-state index in [-0.39, 0.29) is 5.97 Å². The van der Waals surface area contributed by atoms with Gasteiger partial charge in [-0.15, -0.1) is 0 Å². The lowest BCUT2D eigenvalue weighted by atomic mass is 10.1. The van der Waals surface area contributed by atoms with E-state index in [0.29, 0.717) is 29.3 Å². The van der Waals surface area contributed by atoms with E-state index in [1.54, 1.807) is 18.2 Å². The summed E-state index contributed by atoms with van der Waals surface area (Å²) >= 11 is 3.62. The summed E-state index contributed by atoms with van der Waals surface area (Å²) in [6.07, 6.45) is 0. The molecule has 3 aromatic carbocycles. The lowest BCUT2D eigenvalue weighted by Gasteiger charge is -2.19. The maximum absolute atomic E-state index is 12.6. The predicted octanol–water partition coefficient (Wildman–Crippen LogP) is 6.99. The van der Waals surface area contributed by atoms with Gasteiger partial charge in [0.15, 0.2) is 0 Å². The number of nitrogens with zero attached hydrogens (tertiary/aromatic N) is 1. The predicted molar refractivity (Wildman–Crippen MR) is 138 cm³/mol. The average molecular weight is 536 g/mol. The Morgan fingerprint density at radius 1 is 0.886 bits per heavy atom. The second kappa shape index (κ2) is 9.96. The van der Waals surface area contributed by atoms with Gasteiger partial charge in [-0.05, 0) is 78.7 Å². The highest BCUT2D eigenvalue weighted by Gasteiger charge is 2.20. The van der Waals surface area contributed by atoms with Gasteiger partial charge in [-0.2, -0.15) is 0 Å². The van der Waals surface area contributed by atoms with Crippen LogP contribution in [0.2, 0.25) is 0 Å². The minimum absolute atomic E-state index is 0.377. The Kier molecular flexibility index (Phi) is 6.98. The van der Waals surface area contributed by atoms with Gasteiger partial charge in [-0.1, -0.05) is 30.3 Å². The Bertz CT molecular complexity index is 1370. The fraction of sp³-hybridized carbons (Fsp3) is 0.214. The van der Waals surface area contributed by atoms with Crippen LogP contribution < -0.4 is 4.74 Å². The Labute approximate surface area is 212 Å². The Morgan fingerprint density at radius 2 is 1.57 bits per heavy atom. The number of rotatable bonds is 6. The zero-order valence-electron chi connectivity index (χ0n) is 20.0. The zero-order valence-corrected chi connectivity index (χ0v) is 21.6. The first-order chi connectivity index (χ1) is 16.6. The Morgan fingerprint density at radius 3 is 2.20 bits per heavy atom. The lowest BCUT2D eigenvalue weighted by Crippen LogP contribution is -2.23. The number of esters is 2. The number of fused-ring (bicyclic) bond motifs is 1. The van der Waals surface area contributed by atoms with E-state index in [9.17, 15) is 9.59 Å². The molecule has 0 N–H and O–H groups in total. The molecular weight excluding hydrogens is 510 g/mol. The second-order valence-electron chi connectivity index (χ2n) is 9.06. The molecular formula is C28H26BrNO5. The summed E-state index contributed by atoms with van der Waals surface area (Å²) < 4.78 is 19.2.